The lowest BCUT2D eigenvalue weighted by atomic mass is 9.94. The molecule has 0 aliphatic carbocycles. The highest BCUT2D eigenvalue weighted by Crippen LogP contribution is 2.39. The molecule has 0 radical (unpaired) electrons. The summed E-state index contributed by atoms with van der Waals surface area (Å²) in [4.78, 5) is 12.4. The number of nitrogens with one attached hydrogen (secondary N) is 2. The number of rotatable bonds is 6. The first kappa shape index (κ1) is 19.7. The van der Waals surface area contributed by atoms with E-state index in [9.17, 15) is 4.79 Å². The van der Waals surface area contributed by atoms with Gasteiger partial charge < -0.3 is 24.8 Å². The Balaban J connectivity index is 2.03. The number of hydrogen-bond donors (Lipinski definition) is 2. The van der Waals surface area contributed by atoms with Gasteiger partial charge in [0, 0.05) is 11.3 Å². The number of esters is 1. The fourth-order valence-electron chi connectivity index (χ4n) is 3.11. The predicted octanol–water partition coefficient (Wildman–Crippen LogP) is 3.24. The van der Waals surface area contributed by atoms with E-state index in [1.807, 2.05) is 48.5 Å². The lowest BCUT2D eigenvalue weighted by molar-refractivity contribution is -0.136. The van der Waals surface area contributed by atoms with Crippen LogP contribution in [-0.2, 0) is 16.1 Å². The maximum atomic E-state index is 12.4. The van der Waals surface area contributed by atoms with E-state index in [0.717, 1.165) is 11.1 Å². The lowest BCUT2D eigenvalue weighted by Gasteiger charge is -2.31. The average molecular weight is 398 g/mol. The molecule has 2 aromatic rings. The van der Waals surface area contributed by atoms with E-state index in [1.54, 1.807) is 14.0 Å². The van der Waals surface area contributed by atoms with Gasteiger partial charge in [0.05, 0.1) is 25.8 Å². The van der Waals surface area contributed by atoms with Crippen LogP contribution in [0.15, 0.2) is 59.8 Å². The van der Waals surface area contributed by atoms with Crippen LogP contribution in [0.25, 0.3) is 0 Å². The zero-order chi connectivity index (χ0) is 20.1. The fraction of sp³-hybridized carbons (Fsp3) is 0.238. The fourth-order valence-corrected chi connectivity index (χ4v) is 3.38. The average Bonchev–Trinajstić information content (AvgIpc) is 2.71. The molecule has 0 amide bonds. The van der Waals surface area contributed by atoms with Crippen molar-refractivity contribution < 1.29 is 19.0 Å². The highest BCUT2D eigenvalue weighted by Gasteiger charge is 2.33. The summed E-state index contributed by atoms with van der Waals surface area (Å²) in [6.07, 6.45) is 0. The van der Waals surface area contributed by atoms with E-state index in [2.05, 4.69) is 10.6 Å². The molecule has 0 fully saturated rings. The summed E-state index contributed by atoms with van der Waals surface area (Å²) in [6, 6.07) is 14.8. The van der Waals surface area contributed by atoms with Gasteiger partial charge in [-0.05, 0) is 30.8 Å². The molecule has 28 heavy (non-hydrogen) atoms. The Hall–Kier alpha value is -3.06. The molecular formula is C21H22N2O4S. The Labute approximate surface area is 169 Å². The molecule has 2 N–H and O–H groups in total. The molecule has 146 valence electrons. The van der Waals surface area contributed by atoms with E-state index in [-0.39, 0.29) is 0 Å². The third kappa shape index (κ3) is 4.09. The molecule has 7 heteroatoms. The molecule has 1 aliphatic rings. The van der Waals surface area contributed by atoms with E-state index in [0.29, 0.717) is 34.5 Å². The Morgan fingerprint density at radius 1 is 1.11 bits per heavy atom. The van der Waals surface area contributed by atoms with Crippen LogP contribution in [0, 0.1) is 0 Å². The van der Waals surface area contributed by atoms with Crippen molar-refractivity contribution in [3.63, 3.8) is 0 Å². The van der Waals surface area contributed by atoms with Crippen LogP contribution in [0.2, 0.25) is 0 Å². The smallest absolute Gasteiger partial charge is 0.337 e. The predicted molar refractivity (Wildman–Crippen MR) is 110 cm³/mol. The molecule has 2 aromatic carbocycles. The second-order valence-corrected chi connectivity index (χ2v) is 6.62. The number of carbonyl (C=O) groups excluding carboxylic acids is 1. The summed E-state index contributed by atoms with van der Waals surface area (Å²) in [7, 11) is 2.93. The van der Waals surface area contributed by atoms with E-state index in [4.69, 9.17) is 26.4 Å². The number of carbonyl (C=O) groups is 1. The van der Waals surface area contributed by atoms with Gasteiger partial charge in [0.25, 0.3) is 0 Å². The highest BCUT2D eigenvalue weighted by molar-refractivity contribution is 7.80. The molecule has 0 saturated carbocycles. The van der Waals surface area contributed by atoms with E-state index in [1.165, 1.54) is 7.11 Å². The van der Waals surface area contributed by atoms with Gasteiger partial charge in [-0.15, -0.1) is 0 Å². The summed E-state index contributed by atoms with van der Waals surface area (Å²) in [5.74, 6) is 0.675. The zero-order valence-electron chi connectivity index (χ0n) is 15.9. The van der Waals surface area contributed by atoms with E-state index >= 15 is 0 Å². The summed E-state index contributed by atoms with van der Waals surface area (Å²) in [5.41, 5.74) is 2.83. The van der Waals surface area contributed by atoms with Crippen molar-refractivity contribution in [2.24, 2.45) is 0 Å². The van der Waals surface area contributed by atoms with Crippen molar-refractivity contribution in [1.82, 2.24) is 10.6 Å². The monoisotopic (exact) mass is 398 g/mol. The molecule has 3 rings (SSSR count). The third-order valence-electron chi connectivity index (χ3n) is 4.44. The van der Waals surface area contributed by atoms with Crippen molar-refractivity contribution in [3.8, 4) is 11.5 Å². The van der Waals surface area contributed by atoms with Crippen molar-refractivity contribution >= 4 is 23.3 Å². The Kier molecular flexibility index (Phi) is 6.16. The van der Waals surface area contributed by atoms with Gasteiger partial charge in [-0.3, -0.25) is 0 Å². The Bertz CT molecular complexity index is 912. The molecule has 0 aromatic heterocycles. The van der Waals surface area contributed by atoms with Crippen LogP contribution in [0.4, 0.5) is 0 Å². The number of ether oxygens (including phenoxy) is 3. The van der Waals surface area contributed by atoms with Crippen molar-refractivity contribution in [2.75, 3.05) is 14.2 Å². The second kappa shape index (κ2) is 8.75. The summed E-state index contributed by atoms with van der Waals surface area (Å²) in [6.45, 7) is 2.15. The first-order valence-corrected chi connectivity index (χ1v) is 9.16. The Morgan fingerprint density at radius 3 is 2.54 bits per heavy atom. The van der Waals surface area contributed by atoms with Gasteiger partial charge in [0.1, 0.15) is 6.61 Å². The SMILES string of the molecule is COC(=O)C1=C(C)NC(=S)N[C@@H]1c1cccc(OC)c1OCc1ccccc1. The number of benzene rings is 2. The quantitative estimate of drug-likeness (QED) is 0.572. The number of allylic oxidation sites excluding steroid dienone is 1. The van der Waals surface area contributed by atoms with Crippen LogP contribution >= 0.6 is 12.2 Å². The highest BCUT2D eigenvalue weighted by atomic mass is 32.1. The number of para-hydroxylation sites is 1. The third-order valence-corrected chi connectivity index (χ3v) is 4.66. The van der Waals surface area contributed by atoms with Crippen LogP contribution in [0.5, 0.6) is 11.5 Å². The summed E-state index contributed by atoms with van der Waals surface area (Å²) in [5, 5.41) is 6.54. The van der Waals surface area contributed by atoms with Crippen LogP contribution in [0.1, 0.15) is 24.1 Å². The van der Waals surface area contributed by atoms with Gasteiger partial charge in [-0.1, -0.05) is 42.5 Å². The first-order chi connectivity index (χ1) is 13.5. The molecule has 1 heterocycles. The first-order valence-electron chi connectivity index (χ1n) is 8.75. The van der Waals surface area contributed by atoms with Crippen LogP contribution < -0.4 is 20.1 Å². The minimum Gasteiger partial charge on any atom is -0.493 e. The van der Waals surface area contributed by atoms with Gasteiger partial charge >= 0.3 is 5.97 Å². The lowest BCUT2D eigenvalue weighted by Crippen LogP contribution is -2.45. The maximum Gasteiger partial charge on any atom is 0.337 e. The molecule has 0 saturated heterocycles. The van der Waals surface area contributed by atoms with Crippen LogP contribution in [0.3, 0.4) is 0 Å². The number of thiocarbonyl (C=S) groups is 1. The van der Waals surface area contributed by atoms with Crippen molar-refractivity contribution in [3.05, 3.63) is 70.9 Å². The minimum atomic E-state index is -0.526. The molecule has 6 nitrogen and oxygen atoms in total. The number of methoxy groups -OCH3 is 2. The van der Waals surface area contributed by atoms with Gasteiger partial charge in [-0.2, -0.15) is 0 Å². The molecule has 0 unspecified atom stereocenters. The van der Waals surface area contributed by atoms with E-state index < -0.39 is 12.0 Å². The van der Waals surface area contributed by atoms with Gasteiger partial charge in [0.2, 0.25) is 0 Å². The summed E-state index contributed by atoms with van der Waals surface area (Å²) >= 11 is 5.30. The summed E-state index contributed by atoms with van der Waals surface area (Å²) < 4.78 is 16.6. The molecule has 0 spiro atoms. The molecule has 1 aliphatic heterocycles. The maximum absolute atomic E-state index is 12.4. The van der Waals surface area contributed by atoms with Crippen molar-refractivity contribution in [2.45, 2.75) is 19.6 Å². The standard InChI is InChI=1S/C21H22N2O4S/c1-13-17(20(24)26-3)18(23-21(28)22-13)15-10-7-11-16(25-2)19(15)27-12-14-8-5-4-6-9-14/h4-11,18H,12H2,1-3H3,(H2,22,23,28)/t18-/m1/s1. The van der Waals surface area contributed by atoms with Crippen LogP contribution in [-0.4, -0.2) is 25.3 Å². The van der Waals surface area contributed by atoms with Crippen molar-refractivity contribution in [1.29, 1.82) is 0 Å². The Morgan fingerprint density at radius 2 is 1.86 bits per heavy atom. The molecular weight excluding hydrogens is 376 g/mol. The zero-order valence-corrected chi connectivity index (χ0v) is 16.8. The number of hydrogen-bond acceptors (Lipinski definition) is 5. The van der Waals surface area contributed by atoms with Gasteiger partial charge in [0.15, 0.2) is 16.6 Å². The minimum absolute atomic E-state index is 0.361. The largest absolute Gasteiger partial charge is 0.493 e. The molecule has 1 atom stereocenters. The normalized spacial score (nSPS) is 16.1. The van der Waals surface area contributed by atoms with Gasteiger partial charge in [-0.25, -0.2) is 4.79 Å². The second-order valence-electron chi connectivity index (χ2n) is 6.21. The molecule has 0 bridgehead atoms. The topological polar surface area (TPSA) is 68.8 Å².